The summed E-state index contributed by atoms with van der Waals surface area (Å²) in [7, 11) is 1.87. The second-order valence-electron chi connectivity index (χ2n) is 7.56. The summed E-state index contributed by atoms with van der Waals surface area (Å²) in [6.07, 6.45) is -1.07. The monoisotopic (exact) mass is 464 g/mol. The Kier molecular flexibility index (Phi) is 7.40. The van der Waals surface area contributed by atoms with E-state index >= 15 is 0 Å². The fourth-order valence-electron chi connectivity index (χ4n) is 3.78. The van der Waals surface area contributed by atoms with Crippen LogP contribution in [-0.2, 0) is 32.5 Å². The number of hydrogen-bond donors (Lipinski definition) is 2. The van der Waals surface area contributed by atoms with Gasteiger partial charge in [-0.3, -0.25) is 9.48 Å². The second kappa shape index (κ2) is 9.87. The minimum Gasteiger partial charge on any atom is -0.347 e. The molecule has 0 aliphatic heterocycles. The summed E-state index contributed by atoms with van der Waals surface area (Å²) in [5.41, 5.74) is 8.24. The van der Waals surface area contributed by atoms with Crippen molar-refractivity contribution in [2.75, 3.05) is 6.54 Å². The topological polar surface area (TPSA) is 72.9 Å². The van der Waals surface area contributed by atoms with Gasteiger partial charge in [0.15, 0.2) is 0 Å². The van der Waals surface area contributed by atoms with Crippen LogP contribution in [-0.4, -0.2) is 28.3 Å². The Morgan fingerprint density at radius 2 is 1.94 bits per heavy atom. The van der Waals surface area contributed by atoms with Crippen molar-refractivity contribution in [2.24, 2.45) is 12.8 Å². The Labute approximate surface area is 189 Å². The lowest BCUT2D eigenvalue weighted by Crippen LogP contribution is -2.41. The maximum atomic E-state index is 13.3. The van der Waals surface area contributed by atoms with Crippen molar-refractivity contribution in [3.8, 4) is 11.3 Å². The molecule has 0 saturated heterocycles. The average molecular weight is 465 g/mol. The molecule has 0 saturated carbocycles. The number of aryl methyl sites for hydroxylation is 3. The van der Waals surface area contributed by atoms with E-state index in [4.69, 9.17) is 5.73 Å². The van der Waals surface area contributed by atoms with E-state index in [1.807, 2.05) is 26.2 Å². The summed E-state index contributed by atoms with van der Waals surface area (Å²) in [4.78, 5) is 14.5. The van der Waals surface area contributed by atoms with E-state index < -0.39 is 17.8 Å². The van der Waals surface area contributed by atoms with Gasteiger partial charge in [-0.1, -0.05) is 32.0 Å². The van der Waals surface area contributed by atoms with Gasteiger partial charge in [0, 0.05) is 30.1 Å². The SMILES string of the molecule is CCc1cnn(C)c1-c1cc(C(=O)N[C@H](CN)Cc2ccccc2C(F)(F)F)sc1CC. The number of carbonyl (C=O) groups is 1. The number of carbonyl (C=O) groups excluding carboxylic acids is 1. The van der Waals surface area contributed by atoms with Gasteiger partial charge >= 0.3 is 6.18 Å². The van der Waals surface area contributed by atoms with Gasteiger partial charge in [-0.15, -0.1) is 11.3 Å². The summed E-state index contributed by atoms with van der Waals surface area (Å²) >= 11 is 1.39. The molecule has 1 aromatic carbocycles. The van der Waals surface area contributed by atoms with Crippen LogP contribution >= 0.6 is 11.3 Å². The molecule has 9 heteroatoms. The number of hydrogen-bond acceptors (Lipinski definition) is 4. The first-order valence-corrected chi connectivity index (χ1v) is 11.3. The van der Waals surface area contributed by atoms with Crippen molar-refractivity contribution in [1.29, 1.82) is 0 Å². The molecular weight excluding hydrogens is 437 g/mol. The van der Waals surface area contributed by atoms with Gasteiger partial charge in [-0.05, 0) is 42.5 Å². The molecule has 32 heavy (non-hydrogen) atoms. The molecule has 2 aromatic heterocycles. The smallest absolute Gasteiger partial charge is 0.347 e. The Morgan fingerprint density at radius 1 is 1.22 bits per heavy atom. The predicted octanol–water partition coefficient (Wildman–Crippen LogP) is 4.59. The lowest BCUT2D eigenvalue weighted by Gasteiger charge is -2.19. The summed E-state index contributed by atoms with van der Waals surface area (Å²) in [5, 5.41) is 7.16. The van der Waals surface area contributed by atoms with Gasteiger partial charge in [-0.2, -0.15) is 18.3 Å². The number of rotatable bonds is 8. The lowest BCUT2D eigenvalue weighted by atomic mass is 9.99. The van der Waals surface area contributed by atoms with Gasteiger partial charge in [0.2, 0.25) is 0 Å². The van der Waals surface area contributed by atoms with Gasteiger partial charge in [0.05, 0.1) is 22.3 Å². The number of alkyl halides is 3. The molecule has 1 amide bonds. The number of benzene rings is 1. The fraction of sp³-hybridized carbons (Fsp3) is 0.391. The molecule has 2 heterocycles. The molecule has 5 nitrogen and oxygen atoms in total. The zero-order valence-corrected chi connectivity index (χ0v) is 19.1. The van der Waals surface area contributed by atoms with Crippen LogP contribution in [0.3, 0.4) is 0 Å². The number of nitrogens with one attached hydrogen (secondary N) is 1. The van der Waals surface area contributed by atoms with Gasteiger partial charge < -0.3 is 11.1 Å². The molecule has 0 aliphatic rings. The Hall–Kier alpha value is -2.65. The minimum atomic E-state index is -4.46. The third kappa shape index (κ3) is 5.05. The lowest BCUT2D eigenvalue weighted by molar-refractivity contribution is -0.138. The van der Waals surface area contributed by atoms with Crippen LogP contribution in [0.1, 0.15) is 45.1 Å². The second-order valence-corrected chi connectivity index (χ2v) is 8.70. The van der Waals surface area contributed by atoms with Crippen molar-refractivity contribution < 1.29 is 18.0 Å². The Bertz CT molecular complexity index is 1090. The van der Waals surface area contributed by atoms with Crippen molar-refractivity contribution >= 4 is 17.2 Å². The summed E-state index contributed by atoms with van der Waals surface area (Å²) in [6, 6.07) is 6.59. The van der Waals surface area contributed by atoms with Crippen molar-refractivity contribution in [3.63, 3.8) is 0 Å². The predicted molar refractivity (Wildman–Crippen MR) is 121 cm³/mol. The first-order valence-electron chi connectivity index (χ1n) is 10.5. The van der Waals surface area contributed by atoms with Crippen LogP contribution < -0.4 is 11.1 Å². The quantitative estimate of drug-likeness (QED) is 0.512. The van der Waals surface area contributed by atoms with E-state index in [1.165, 1.54) is 23.5 Å². The molecule has 3 rings (SSSR count). The molecule has 0 aliphatic carbocycles. The largest absolute Gasteiger partial charge is 0.416 e. The highest BCUT2D eigenvalue weighted by Gasteiger charge is 2.33. The van der Waals surface area contributed by atoms with Gasteiger partial charge in [-0.25, -0.2) is 0 Å². The number of amides is 1. The molecule has 3 aromatic rings. The molecule has 3 N–H and O–H groups in total. The molecule has 0 unspecified atom stereocenters. The number of halogens is 3. The van der Waals surface area contributed by atoms with Gasteiger partial charge in [0.1, 0.15) is 0 Å². The van der Waals surface area contributed by atoms with Crippen molar-refractivity contribution in [1.82, 2.24) is 15.1 Å². The summed E-state index contributed by atoms with van der Waals surface area (Å²) in [6.45, 7) is 4.10. The molecule has 0 radical (unpaired) electrons. The maximum Gasteiger partial charge on any atom is 0.416 e. The zero-order chi connectivity index (χ0) is 23.5. The van der Waals surface area contributed by atoms with Gasteiger partial charge in [0.25, 0.3) is 5.91 Å². The third-order valence-electron chi connectivity index (χ3n) is 5.41. The zero-order valence-electron chi connectivity index (χ0n) is 18.3. The number of nitrogens with zero attached hydrogens (tertiary/aromatic N) is 2. The highest BCUT2D eigenvalue weighted by Crippen LogP contribution is 2.35. The van der Waals surface area contributed by atoms with E-state index in [-0.39, 0.29) is 24.4 Å². The number of nitrogens with two attached hydrogens (primary N) is 1. The van der Waals surface area contributed by atoms with E-state index in [9.17, 15) is 18.0 Å². The average Bonchev–Trinajstić information content (AvgIpc) is 3.35. The first-order chi connectivity index (χ1) is 15.2. The number of aromatic nitrogens is 2. The van der Waals surface area contributed by atoms with E-state index in [2.05, 4.69) is 17.3 Å². The molecule has 0 fully saturated rings. The Morgan fingerprint density at radius 3 is 2.56 bits per heavy atom. The third-order valence-corrected chi connectivity index (χ3v) is 6.69. The molecular formula is C23H27F3N4OS. The van der Waals surface area contributed by atoms with Crippen molar-refractivity contribution in [3.05, 3.63) is 63.0 Å². The fourth-order valence-corrected chi connectivity index (χ4v) is 4.79. The molecule has 1 atom stereocenters. The van der Waals surface area contributed by atoms with Crippen LogP contribution in [0, 0.1) is 0 Å². The molecule has 172 valence electrons. The van der Waals surface area contributed by atoms with E-state index in [0.717, 1.165) is 40.6 Å². The summed E-state index contributed by atoms with van der Waals surface area (Å²) < 4.78 is 41.8. The van der Waals surface area contributed by atoms with E-state index in [0.29, 0.717) is 4.88 Å². The first kappa shape index (κ1) is 24.0. The minimum absolute atomic E-state index is 0.00148. The van der Waals surface area contributed by atoms with Crippen LogP contribution in [0.4, 0.5) is 13.2 Å². The number of thiophene rings is 1. The van der Waals surface area contributed by atoms with Crippen LogP contribution in [0.15, 0.2) is 36.5 Å². The highest BCUT2D eigenvalue weighted by atomic mass is 32.1. The Balaban J connectivity index is 1.84. The molecule has 0 spiro atoms. The van der Waals surface area contributed by atoms with E-state index in [1.54, 1.807) is 10.7 Å². The van der Waals surface area contributed by atoms with Crippen LogP contribution in [0.5, 0.6) is 0 Å². The maximum absolute atomic E-state index is 13.3. The highest BCUT2D eigenvalue weighted by molar-refractivity contribution is 7.14. The van der Waals surface area contributed by atoms with Crippen LogP contribution in [0.2, 0.25) is 0 Å². The van der Waals surface area contributed by atoms with Crippen molar-refractivity contribution in [2.45, 2.75) is 45.3 Å². The standard InChI is InChI=1S/C23H27F3N4OS/c1-4-14-13-28-30(3)21(14)17-11-20(32-19(17)5-2)22(31)29-16(12-27)10-15-8-6-7-9-18(15)23(24,25)26/h6-9,11,13,16H,4-5,10,12,27H2,1-3H3,(H,29,31)/t16-/m0/s1. The summed E-state index contributed by atoms with van der Waals surface area (Å²) in [5.74, 6) is -0.337. The molecule has 0 bridgehead atoms. The normalized spacial score (nSPS) is 12.7. The van der Waals surface area contributed by atoms with Crippen LogP contribution in [0.25, 0.3) is 11.3 Å².